The third-order valence-corrected chi connectivity index (χ3v) is 2.28. The molecule has 0 radical (unpaired) electrons. The maximum Gasteiger partial charge on any atom is 0.187 e. The minimum atomic E-state index is -0.469. The van der Waals surface area contributed by atoms with E-state index in [1.165, 1.54) is 0 Å². The number of aliphatic hydroxyl groups excluding tert-OH is 1. The Hall–Kier alpha value is -0.160. The first-order chi connectivity index (χ1) is 4.86. The van der Waals surface area contributed by atoms with E-state index >= 15 is 0 Å². The highest BCUT2D eigenvalue weighted by atomic mass is 16.8. The maximum absolute atomic E-state index is 9.38. The molecule has 10 heavy (non-hydrogen) atoms. The van der Waals surface area contributed by atoms with Crippen molar-refractivity contribution in [3.8, 4) is 0 Å². The Morgan fingerprint density at radius 3 is 3.00 bits per heavy atom. The van der Waals surface area contributed by atoms with Crippen LogP contribution in [0, 0.1) is 0 Å². The second kappa shape index (κ2) is 1.53. The van der Waals surface area contributed by atoms with Gasteiger partial charge in [-0.1, -0.05) is 0 Å². The van der Waals surface area contributed by atoms with Crippen LogP contribution in [0.5, 0.6) is 0 Å². The Bertz CT molecular complexity index is 169. The van der Waals surface area contributed by atoms with Crippen molar-refractivity contribution in [1.29, 1.82) is 0 Å². The molecule has 4 heteroatoms. The van der Waals surface area contributed by atoms with Crippen molar-refractivity contribution in [1.82, 2.24) is 0 Å². The number of hydrogen-bond acceptors (Lipinski definition) is 4. The van der Waals surface area contributed by atoms with E-state index in [2.05, 4.69) is 0 Å². The first-order valence-electron chi connectivity index (χ1n) is 3.47. The third-order valence-electron chi connectivity index (χ3n) is 2.28. The van der Waals surface area contributed by atoms with Gasteiger partial charge in [-0.15, -0.1) is 0 Å². The molecule has 3 aliphatic heterocycles. The van der Waals surface area contributed by atoms with Gasteiger partial charge in [0.1, 0.15) is 24.4 Å². The molecule has 3 fully saturated rings. The summed E-state index contributed by atoms with van der Waals surface area (Å²) in [5.74, 6) is 0. The summed E-state index contributed by atoms with van der Waals surface area (Å²) >= 11 is 0. The summed E-state index contributed by atoms with van der Waals surface area (Å²) in [5.41, 5.74) is 0. The Kier molecular flexibility index (Phi) is 0.840. The molecule has 1 N–H and O–H groups in total. The highest BCUT2D eigenvalue weighted by molar-refractivity contribution is 5.03. The smallest absolute Gasteiger partial charge is 0.187 e. The first kappa shape index (κ1) is 5.49. The topological polar surface area (TPSA) is 51.2 Å². The van der Waals surface area contributed by atoms with E-state index < -0.39 is 6.10 Å². The molecule has 5 atom stereocenters. The fourth-order valence-electron chi connectivity index (χ4n) is 1.63. The molecular weight excluding hydrogens is 136 g/mol. The van der Waals surface area contributed by atoms with Gasteiger partial charge in [-0.3, -0.25) is 0 Å². The fourth-order valence-corrected chi connectivity index (χ4v) is 1.63. The molecule has 2 unspecified atom stereocenters. The van der Waals surface area contributed by atoms with Crippen molar-refractivity contribution in [3.63, 3.8) is 0 Å². The number of aliphatic hydroxyl groups is 1. The van der Waals surface area contributed by atoms with Gasteiger partial charge in [0.05, 0.1) is 6.61 Å². The van der Waals surface area contributed by atoms with E-state index in [-0.39, 0.29) is 24.6 Å². The Morgan fingerprint density at radius 2 is 2.10 bits per heavy atom. The van der Waals surface area contributed by atoms with E-state index in [1.54, 1.807) is 0 Å². The minimum Gasteiger partial charge on any atom is -0.387 e. The molecule has 3 rings (SSSR count). The summed E-state index contributed by atoms with van der Waals surface area (Å²) in [7, 11) is 0. The van der Waals surface area contributed by atoms with E-state index in [1.807, 2.05) is 0 Å². The quantitative estimate of drug-likeness (QED) is 0.437. The summed E-state index contributed by atoms with van der Waals surface area (Å²) in [5, 5.41) is 9.38. The lowest BCUT2D eigenvalue weighted by Crippen LogP contribution is -2.39. The maximum atomic E-state index is 9.38. The molecule has 0 amide bonds. The molecule has 3 heterocycles. The van der Waals surface area contributed by atoms with Crippen LogP contribution >= 0.6 is 0 Å². The summed E-state index contributed by atoms with van der Waals surface area (Å²) in [6, 6.07) is 0. The molecule has 0 spiro atoms. The zero-order valence-corrected chi connectivity index (χ0v) is 5.27. The summed E-state index contributed by atoms with van der Waals surface area (Å²) in [6.45, 7) is 0.516. The summed E-state index contributed by atoms with van der Waals surface area (Å²) in [6.07, 6.45) is -0.809. The van der Waals surface area contributed by atoms with Gasteiger partial charge in [-0.25, -0.2) is 0 Å². The van der Waals surface area contributed by atoms with E-state index in [0.29, 0.717) is 6.61 Å². The Balaban J connectivity index is 1.91. The van der Waals surface area contributed by atoms with Crippen LogP contribution < -0.4 is 0 Å². The molecule has 0 aromatic rings. The van der Waals surface area contributed by atoms with Crippen LogP contribution in [0.15, 0.2) is 0 Å². The van der Waals surface area contributed by atoms with Gasteiger partial charge in [0, 0.05) is 0 Å². The minimum absolute atomic E-state index is 0.00810. The molecule has 0 aliphatic carbocycles. The number of fused-ring (bicyclic) bond motifs is 4. The molecule has 0 saturated carbocycles. The normalized spacial score (nSPS) is 63.9. The van der Waals surface area contributed by atoms with Crippen LogP contribution in [0.2, 0.25) is 0 Å². The molecule has 56 valence electrons. The van der Waals surface area contributed by atoms with Crippen molar-refractivity contribution in [2.75, 3.05) is 6.61 Å². The predicted molar refractivity (Wildman–Crippen MR) is 29.3 cm³/mol. The second-order valence-electron chi connectivity index (χ2n) is 2.93. The van der Waals surface area contributed by atoms with Crippen molar-refractivity contribution in [2.24, 2.45) is 0 Å². The van der Waals surface area contributed by atoms with Crippen LogP contribution in [0.3, 0.4) is 0 Å². The lowest BCUT2D eigenvalue weighted by atomic mass is 10.1. The van der Waals surface area contributed by atoms with Gasteiger partial charge in [0.15, 0.2) is 6.29 Å². The van der Waals surface area contributed by atoms with Crippen molar-refractivity contribution in [3.05, 3.63) is 0 Å². The van der Waals surface area contributed by atoms with Crippen molar-refractivity contribution >= 4 is 0 Å². The molecule has 0 aromatic heterocycles. The number of hydrogen-bond donors (Lipinski definition) is 1. The zero-order valence-electron chi connectivity index (χ0n) is 5.27. The summed E-state index contributed by atoms with van der Waals surface area (Å²) in [4.78, 5) is 0. The molecule has 0 aromatic carbocycles. The highest BCUT2D eigenvalue weighted by Crippen LogP contribution is 2.41. The van der Waals surface area contributed by atoms with Gasteiger partial charge >= 0.3 is 0 Å². The van der Waals surface area contributed by atoms with Crippen LogP contribution in [0.1, 0.15) is 0 Å². The van der Waals surface area contributed by atoms with Crippen LogP contribution in [0.4, 0.5) is 0 Å². The molecule has 3 saturated heterocycles. The van der Waals surface area contributed by atoms with Gasteiger partial charge in [0.25, 0.3) is 0 Å². The monoisotopic (exact) mass is 144 g/mol. The molecule has 4 nitrogen and oxygen atoms in total. The van der Waals surface area contributed by atoms with Crippen LogP contribution in [0.25, 0.3) is 0 Å². The van der Waals surface area contributed by atoms with Gasteiger partial charge in [-0.2, -0.15) is 0 Å². The zero-order chi connectivity index (χ0) is 6.72. The van der Waals surface area contributed by atoms with Gasteiger partial charge in [0.2, 0.25) is 0 Å². The Labute approximate surface area is 57.7 Å². The number of ether oxygens (including phenoxy) is 3. The number of rotatable bonds is 0. The standard InChI is InChI=1S/C6H8O4/c7-3-2-1-8-6(9-2)5-4(3)10-5/h2-7H,1H2/t2-,3?,4+,5-,6?/m0/s1. The largest absolute Gasteiger partial charge is 0.387 e. The SMILES string of the molecule is OC1[C@@H]2COC(O2)[C@H]2O[C@H]12. The third kappa shape index (κ3) is 0.509. The summed E-state index contributed by atoms with van der Waals surface area (Å²) < 4.78 is 15.6. The second-order valence-corrected chi connectivity index (χ2v) is 2.93. The Morgan fingerprint density at radius 1 is 1.20 bits per heavy atom. The predicted octanol–water partition coefficient (Wildman–Crippen LogP) is -1.13. The van der Waals surface area contributed by atoms with E-state index in [0.717, 1.165) is 0 Å². The van der Waals surface area contributed by atoms with E-state index in [4.69, 9.17) is 14.2 Å². The van der Waals surface area contributed by atoms with Crippen molar-refractivity contribution in [2.45, 2.75) is 30.7 Å². The van der Waals surface area contributed by atoms with Gasteiger partial charge in [-0.05, 0) is 0 Å². The first-order valence-corrected chi connectivity index (χ1v) is 3.47. The lowest BCUT2D eigenvalue weighted by molar-refractivity contribution is -0.103. The lowest BCUT2D eigenvalue weighted by Gasteiger charge is -2.18. The van der Waals surface area contributed by atoms with Gasteiger partial charge < -0.3 is 19.3 Å². The molecule has 3 aliphatic rings. The average molecular weight is 144 g/mol. The highest BCUT2D eigenvalue weighted by Gasteiger charge is 2.61. The average Bonchev–Trinajstić information content (AvgIpc) is 2.61. The van der Waals surface area contributed by atoms with E-state index in [9.17, 15) is 5.11 Å². The van der Waals surface area contributed by atoms with Crippen LogP contribution in [-0.4, -0.2) is 42.4 Å². The van der Waals surface area contributed by atoms with Crippen molar-refractivity contribution < 1.29 is 19.3 Å². The molecular formula is C6H8O4. The molecule has 2 bridgehead atoms. The fraction of sp³-hybridized carbons (Fsp3) is 1.00. The van der Waals surface area contributed by atoms with Crippen LogP contribution in [-0.2, 0) is 14.2 Å². The number of epoxide rings is 1.